The first-order valence-corrected chi connectivity index (χ1v) is 5.91. The van der Waals surface area contributed by atoms with E-state index < -0.39 is 0 Å². The van der Waals surface area contributed by atoms with Crippen LogP contribution in [0.1, 0.15) is 39.4 Å². The molecule has 1 aliphatic heterocycles. The lowest BCUT2D eigenvalue weighted by atomic mass is 10.2. The number of aromatic nitrogens is 2. The average Bonchev–Trinajstić information content (AvgIpc) is 2.59. The van der Waals surface area contributed by atoms with E-state index in [4.69, 9.17) is 0 Å². The molecule has 1 aliphatic rings. The molecule has 0 bridgehead atoms. The normalized spacial score (nSPS) is 17.5. The molecular formula is C12H22N3+. The van der Waals surface area contributed by atoms with Crippen LogP contribution in [-0.4, -0.2) is 22.1 Å². The maximum absolute atomic E-state index is 2.53. The van der Waals surface area contributed by atoms with Crippen LogP contribution in [-0.2, 0) is 13.1 Å². The number of fused-ring (bicyclic) bond motifs is 1. The average molecular weight is 208 g/mol. The summed E-state index contributed by atoms with van der Waals surface area (Å²) < 4.78 is 4.69. The number of imidazole rings is 1. The SMILES string of the molecule is CC(C)N1CCn2c[n+](C(C)C)cc2C1. The lowest BCUT2D eigenvalue weighted by Gasteiger charge is -2.28. The van der Waals surface area contributed by atoms with E-state index in [-0.39, 0.29) is 0 Å². The first kappa shape index (κ1) is 10.7. The van der Waals surface area contributed by atoms with E-state index in [9.17, 15) is 0 Å². The Morgan fingerprint density at radius 3 is 2.53 bits per heavy atom. The molecule has 2 heterocycles. The predicted molar refractivity (Wildman–Crippen MR) is 60.6 cm³/mol. The van der Waals surface area contributed by atoms with Crippen LogP contribution in [0, 0.1) is 0 Å². The fraction of sp³-hybridized carbons (Fsp3) is 0.750. The molecule has 0 saturated carbocycles. The lowest BCUT2D eigenvalue weighted by molar-refractivity contribution is -0.715. The van der Waals surface area contributed by atoms with E-state index in [2.05, 4.69) is 54.3 Å². The molecule has 0 radical (unpaired) electrons. The summed E-state index contributed by atoms with van der Waals surface area (Å²) in [7, 11) is 0. The highest BCUT2D eigenvalue weighted by atomic mass is 15.3. The van der Waals surface area contributed by atoms with Crippen LogP contribution < -0.4 is 4.57 Å². The molecule has 1 aromatic heterocycles. The number of hydrogen-bond acceptors (Lipinski definition) is 1. The van der Waals surface area contributed by atoms with Gasteiger partial charge in [-0.1, -0.05) is 0 Å². The Kier molecular flexibility index (Phi) is 2.83. The van der Waals surface area contributed by atoms with Crippen LogP contribution in [0.15, 0.2) is 12.5 Å². The summed E-state index contributed by atoms with van der Waals surface area (Å²) >= 11 is 0. The van der Waals surface area contributed by atoms with Gasteiger partial charge < -0.3 is 0 Å². The van der Waals surface area contributed by atoms with Crippen molar-refractivity contribution in [3.63, 3.8) is 0 Å². The van der Waals surface area contributed by atoms with Crippen LogP contribution >= 0.6 is 0 Å². The molecule has 0 saturated heterocycles. The number of nitrogens with zero attached hydrogens (tertiary/aromatic N) is 3. The number of rotatable bonds is 2. The summed E-state index contributed by atoms with van der Waals surface area (Å²) in [5, 5.41) is 0. The standard InChI is InChI=1S/C12H22N3/c1-10(2)13-5-6-14-9-15(11(3)4)8-12(14)7-13/h8-11H,5-7H2,1-4H3/q+1. The van der Waals surface area contributed by atoms with Gasteiger partial charge in [0.05, 0.1) is 12.6 Å². The summed E-state index contributed by atoms with van der Waals surface area (Å²) in [6.45, 7) is 12.4. The molecule has 0 amide bonds. The molecule has 3 nitrogen and oxygen atoms in total. The molecular weight excluding hydrogens is 186 g/mol. The van der Waals surface area contributed by atoms with Gasteiger partial charge in [0.1, 0.15) is 12.7 Å². The fourth-order valence-electron chi connectivity index (χ4n) is 2.09. The molecule has 0 aromatic carbocycles. The molecule has 0 aliphatic carbocycles. The molecule has 2 rings (SSSR count). The van der Waals surface area contributed by atoms with Crippen molar-refractivity contribution in [2.45, 2.75) is 52.9 Å². The number of hydrogen-bond donors (Lipinski definition) is 0. The van der Waals surface area contributed by atoms with Crippen LogP contribution in [0.25, 0.3) is 0 Å². The lowest BCUT2D eigenvalue weighted by Crippen LogP contribution is -2.37. The smallest absolute Gasteiger partial charge is 0.244 e. The van der Waals surface area contributed by atoms with E-state index in [1.54, 1.807) is 0 Å². The summed E-state index contributed by atoms with van der Waals surface area (Å²) in [6.07, 6.45) is 4.54. The molecule has 0 unspecified atom stereocenters. The van der Waals surface area contributed by atoms with Gasteiger partial charge in [0.25, 0.3) is 0 Å². The van der Waals surface area contributed by atoms with Gasteiger partial charge in [-0.2, -0.15) is 0 Å². The van der Waals surface area contributed by atoms with Crippen molar-refractivity contribution in [2.75, 3.05) is 6.54 Å². The minimum atomic E-state index is 0.565. The quantitative estimate of drug-likeness (QED) is 0.672. The van der Waals surface area contributed by atoms with Crippen LogP contribution in [0.5, 0.6) is 0 Å². The monoisotopic (exact) mass is 208 g/mol. The Morgan fingerprint density at radius 2 is 1.93 bits per heavy atom. The van der Waals surface area contributed by atoms with Crippen molar-refractivity contribution in [1.82, 2.24) is 9.47 Å². The van der Waals surface area contributed by atoms with Gasteiger partial charge in [-0.05, 0) is 27.7 Å². The molecule has 3 heteroatoms. The third kappa shape index (κ3) is 2.07. The van der Waals surface area contributed by atoms with E-state index in [1.165, 1.54) is 12.2 Å². The van der Waals surface area contributed by atoms with E-state index in [0.29, 0.717) is 12.1 Å². The highest BCUT2D eigenvalue weighted by Crippen LogP contribution is 2.13. The zero-order chi connectivity index (χ0) is 11.0. The maximum Gasteiger partial charge on any atom is 0.244 e. The summed E-state index contributed by atoms with van der Waals surface area (Å²) in [5.74, 6) is 0. The maximum atomic E-state index is 2.53. The second-order valence-corrected chi connectivity index (χ2v) is 5.03. The van der Waals surface area contributed by atoms with Gasteiger partial charge in [0.2, 0.25) is 6.33 Å². The second kappa shape index (κ2) is 3.97. The highest BCUT2D eigenvalue weighted by Gasteiger charge is 2.24. The van der Waals surface area contributed by atoms with Crippen molar-refractivity contribution in [3.05, 3.63) is 18.2 Å². The molecule has 0 spiro atoms. The first-order chi connectivity index (χ1) is 7.08. The Balaban J connectivity index is 2.19. The first-order valence-electron chi connectivity index (χ1n) is 5.91. The van der Waals surface area contributed by atoms with Crippen molar-refractivity contribution in [1.29, 1.82) is 0 Å². The summed E-state index contributed by atoms with van der Waals surface area (Å²) in [4.78, 5) is 2.53. The Bertz CT molecular complexity index is 339. The highest BCUT2D eigenvalue weighted by molar-refractivity contribution is 4.97. The molecule has 84 valence electrons. The molecule has 0 atom stereocenters. The van der Waals surface area contributed by atoms with Gasteiger partial charge >= 0.3 is 0 Å². The Morgan fingerprint density at radius 1 is 1.20 bits per heavy atom. The third-order valence-electron chi connectivity index (χ3n) is 3.26. The molecule has 0 N–H and O–H groups in total. The molecule has 15 heavy (non-hydrogen) atoms. The summed E-state index contributed by atoms with van der Waals surface area (Å²) in [5.41, 5.74) is 1.45. The minimum Gasteiger partial charge on any atom is -0.289 e. The molecule has 0 fully saturated rings. The largest absolute Gasteiger partial charge is 0.289 e. The van der Waals surface area contributed by atoms with Crippen molar-refractivity contribution < 1.29 is 4.57 Å². The Labute approximate surface area is 92.3 Å². The topological polar surface area (TPSA) is 12.1 Å². The van der Waals surface area contributed by atoms with E-state index >= 15 is 0 Å². The zero-order valence-corrected chi connectivity index (χ0v) is 10.3. The van der Waals surface area contributed by atoms with Gasteiger partial charge in [0.15, 0.2) is 5.69 Å². The zero-order valence-electron chi connectivity index (χ0n) is 10.3. The fourth-order valence-corrected chi connectivity index (χ4v) is 2.09. The third-order valence-corrected chi connectivity index (χ3v) is 3.26. The summed E-state index contributed by atoms with van der Waals surface area (Å²) in [6, 6.07) is 1.22. The Hall–Kier alpha value is -0.830. The van der Waals surface area contributed by atoms with Gasteiger partial charge in [-0.25, -0.2) is 9.13 Å². The molecule has 1 aromatic rings. The van der Waals surface area contributed by atoms with Gasteiger partial charge in [0, 0.05) is 12.6 Å². The van der Waals surface area contributed by atoms with Crippen LogP contribution in [0.4, 0.5) is 0 Å². The van der Waals surface area contributed by atoms with Crippen molar-refractivity contribution in [3.8, 4) is 0 Å². The second-order valence-electron chi connectivity index (χ2n) is 5.03. The van der Waals surface area contributed by atoms with Crippen molar-refractivity contribution >= 4 is 0 Å². The van der Waals surface area contributed by atoms with E-state index in [0.717, 1.165) is 13.1 Å². The minimum absolute atomic E-state index is 0.565. The van der Waals surface area contributed by atoms with Gasteiger partial charge in [-0.15, -0.1) is 0 Å². The van der Waals surface area contributed by atoms with Crippen LogP contribution in [0.3, 0.4) is 0 Å². The van der Waals surface area contributed by atoms with Gasteiger partial charge in [-0.3, -0.25) is 4.90 Å². The van der Waals surface area contributed by atoms with Crippen molar-refractivity contribution in [2.24, 2.45) is 0 Å². The van der Waals surface area contributed by atoms with Crippen LogP contribution in [0.2, 0.25) is 0 Å². The predicted octanol–water partition coefficient (Wildman–Crippen LogP) is 1.58. The van der Waals surface area contributed by atoms with E-state index in [1.807, 2.05) is 0 Å².